The van der Waals surface area contributed by atoms with Gasteiger partial charge in [-0.15, -0.1) is 0 Å². The van der Waals surface area contributed by atoms with Crippen LogP contribution in [0.15, 0.2) is 53.4 Å². The fraction of sp³-hybridized carbons (Fsp3) is 0.240. The Balaban J connectivity index is 1.78. The number of hydrogen-bond donors (Lipinski definition) is 1. The van der Waals surface area contributed by atoms with Crippen LogP contribution in [0.3, 0.4) is 0 Å². The van der Waals surface area contributed by atoms with Gasteiger partial charge in [0.05, 0.1) is 33.9 Å². The molecule has 0 aliphatic heterocycles. The molecule has 0 aliphatic carbocycles. The van der Waals surface area contributed by atoms with Crippen LogP contribution in [0, 0.1) is 13.8 Å². The zero-order valence-corrected chi connectivity index (χ0v) is 21.7. The number of anilines is 1. The van der Waals surface area contributed by atoms with Crippen molar-refractivity contribution in [1.82, 2.24) is 4.98 Å². The van der Waals surface area contributed by atoms with Crippen molar-refractivity contribution in [2.24, 2.45) is 0 Å². The van der Waals surface area contributed by atoms with E-state index in [2.05, 4.69) is 4.98 Å². The summed E-state index contributed by atoms with van der Waals surface area (Å²) < 4.78 is 37.4. The lowest BCUT2D eigenvalue weighted by Gasteiger charge is -2.20. The summed E-state index contributed by atoms with van der Waals surface area (Å²) >= 11 is 5.97. The first-order chi connectivity index (χ1) is 17.0. The van der Waals surface area contributed by atoms with Gasteiger partial charge in [-0.05, 0) is 57.2 Å². The number of Topliss-reactive ketones (excluding diaryl/α,β-unsaturated/α-hetero) is 1. The number of aryl methyl sites for hydroxylation is 2. The van der Waals surface area contributed by atoms with Gasteiger partial charge in [0, 0.05) is 23.5 Å². The lowest BCUT2D eigenvalue weighted by atomic mass is 10.1. The van der Waals surface area contributed by atoms with Gasteiger partial charge in [-0.25, -0.2) is 18.0 Å². The highest BCUT2D eigenvalue weighted by molar-refractivity contribution is 7.92. The van der Waals surface area contributed by atoms with Crippen molar-refractivity contribution in [3.8, 4) is 0 Å². The number of nitrogens with zero attached hydrogens (tertiary/aromatic N) is 1. The van der Waals surface area contributed by atoms with Gasteiger partial charge in [0.2, 0.25) is 5.78 Å². The molecule has 0 spiro atoms. The molecule has 0 saturated heterocycles. The molecule has 190 valence electrons. The summed E-state index contributed by atoms with van der Waals surface area (Å²) in [5.74, 6) is -2.15. The van der Waals surface area contributed by atoms with E-state index >= 15 is 0 Å². The number of nitrogens with one attached hydrogen (secondary N) is 1. The maximum atomic E-state index is 13.1. The zero-order valence-electron chi connectivity index (χ0n) is 20.1. The summed E-state index contributed by atoms with van der Waals surface area (Å²) in [5.41, 5.74) is 1.36. The summed E-state index contributed by atoms with van der Waals surface area (Å²) in [6, 6.07) is 11.6. The monoisotopic (exact) mass is 532 g/mol. The summed E-state index contributed by atoms with van der Waals surface area (Å²) in [6.45, 7) is 4.39. The minimum Gasteiger partial charge on any atom is -0.462 e. The van der Waals surface area contributed by atoms with E-state index in [1.807, 2.05) is 0 Å². The molecule has 0 aliphatic rings. The molecule has 1 heterocycles. The summed E-state index contributed by atoms with van der Waals surface area (Å²) in [4.78, 5) is 40.6. The van der Waals surface area contributed by atoms with E-state index in [4.69, 9.17) is 21.1 Å². The largest absolute Gasteiger partial charge is 0.462 e. The molecule has 0 amide bonds. The predicted octanol–water partition coefficient (Wildman–Crippen LogP) is 4.33. The van der Waals surface area contributed by atoms with Crippen LogP contribution in [0.4, 0.5) is 5.69 Å². The number of sulfonamides is 1. The van der Waals surface area contributed by atoms with E-state index in [0.29, 0.717) is 22.1 Å². The van der Waals surface area contributed by atoms with Crippen LogP contribution < -0.4 is 4.31 Å². The Morgan fingerprint density at radius 2 is 1.61 bits per heavy atom. The zero-order chi connectivity index (χ0) is 26.6. The van der Waals surface area contributed by atoms with Crippen molar-refractivity contribution in [3.05, 3.63) is 81.6 Å². The van der Waals surface area contributed by atoms with Gasteiger partial charge < -0.3 is 14.5 Å². The normalized spacial score (nSPS) is 11.1. The maximum absolute atomic E-state index is 13.1. The first kappa shape index (κ1) is 27.0. The van der Waals surface area contributed by atoms with Crippen molar-refractivity contribution in [1.29, 1.82) is 0 Å². The highest BCUT2D eigenvalue weighted by Crippen LogP contribution is 2.25. The van der Waals surface area contributed by atoms with E-state index < -0.39 is 34.4 Å². The third-order valence-corrected chi connectivity index (χ3v) is 7.38. The topological polar surface area (TPSA) is 123 Å². The summed E-state index contributed by atoms with van der Waals surface area (Å²) in [6.07, 6.45) is 0. The number of aromatic amines is 1. The molecule has 0 saturated carbocycles. The standard InChI is InChI=1S/C25H25ClN2O7S/c1-5-34-25(31)23-16(3)27-15(2)22(23)21(29)14-35-24(30)17-8-6-11-20(12-17)36(32,33)28(4)19-10-7-9-18(26)13-19/h6-13,27H,5,14H2,1-4H3. The van der Waals surface area contributed by atoms with Crippen LogP contribution >= 0.6 is 11.6 Å². The van der Waals surface area contributed by atoms with Gasteiger partial charge in [-0.1, -0.05) is 23.7 Å². The highest BCUT2D eigenvalue weighted by atomic mass is 35.5. The number of carbonyl (C=O) groups is 3. The molecule has 0 bridgehead atoms. The molecule has 3 aromatic rings. The Morgan fingerprint density at radius 1 is 0.944 bits per heavy atom. The molecule has 0 unspecified atom stereocenters. The smallest absolute Gasteiger partial charge is 0.340 e. The van der Waals surface area contributed by atoms with Gasteiger partial charge in [0.1, 0.15) is 0 Å². The second kappa shape index (κ2) is 11.0. The molecule has 0 atom stereocenters. The Bertz CT molecular complexity index is 1430. The highest BCUT2D eigenvalue weighted by Gasteiger charge is 2.27. The fourth-order valence-electron chi connectivity index (χ4n) is 3.63. The van der Waals surface area contributed by atoms with Gasteiger partial charge in [-0.3, -0.25) is 9.10 Å². The van der Waals surface area contributed by atoms with Crippen LogP contribution in [-0.4, -0.2) is 51.4 Å². The third kappa shape index (κ3) is 5.60. The number of hydrogen-bond acceptors (Lipinski definition) is 7. The lowest BCUT2D eigenvalue weighted by Crippen LogP contribution is -2.26. The molecular formula is C25H25ClN2O7S. The molecule has 2 aromatic carbocycles. The quantitative estimate of drug-likeness (QED) is 0.321. The van der Waals surface area contributed by atoms with Crippen LogP contribution in [0.5, 0.6) is 0 Å². The van der Waals surface area contributed by atoms with Crippen molar-refractivity contribution in [2.75, 3.05) is 24.6 Å². The molecule has 1 N–H and O–H groups in total. The molecule has 9 nitrogen and oxygen atoms in total. The molecule has 0 fully saturated rings. The lowest BCUT2D eigenvalue weighted by molar-refractivity contribution is 0.0472. The maximum Gasteiger partial charge on any atom is 0.340 e. The Labute approximate surface area is 214 Å². The number of rotatable bonds is 9. The average Bonchev–Trinajstić information content (AvgIpc) is 3.15. The molecule has 3 rings (SSSR count). The van der Waals surface area contributed by atoms with Crippen molar-refractivity contribution >= 4 is 45.0 Å². The number of halogens is 1. The van der Waals surface area contributed by atoms with Gasteiger partial charge in [0.25, 0.3) is 10.0 Å². The van der Waals surface area contributed by atoms with E-state index in [-0.39, 0.29) is 28.2 Å². The number of benzene rings is 2. The number of aromatic nitrogens is 1. The number of H-pyrrole nitrogens is 1. The second-order valence-electron chi connectivity index (χ2n) is 7.83. The molecule has 0 radical (unpaired) electrons. The first-order valence-corrected chi connectivity index (χ1v) is 12.7. The van der Waals surface area contributed by atoms with Crippen molar-refractivity contribution in [3.63, 3.8) is 0 Å². The number of ether oxygens (including phenoxy) is 2. The first-order valence-electron chi connectivity index (χ1n) is 10.9. The molecule has 11 heteroatoms. The second-order valence-corrected chi connectivity index (χ2v) is 10.2. The Kier molecular flexibility index (Phi) is 8.21. The molecular weight excluding hydrogens is 508 g/mol. The van der Waals surface area contributed by atoms with E-state index in [9.17, 15) is 22.8 Å². The van der Waals surface area contributed by atoms with Crippen LogP contribution in [0.1, 0.15) is 49.4 Å². The number of carbonyl (C=O) groups excluding carboxylic acids is 3. The predicted molar refractivity (Wildman–Crippen MR) is 134 cm³/mol. The Hall–Kier alpha value is -3.63. The SMILES string of the molecule is CCOC(=O)c1c(C)[nH]c(C)c1C(=O)COC(=O)c1cccc(S(=O)(=O)N(C)c2cccc(Cl)c2)c1. The van der Waals surface area contributed by atoms with Crippen molar-refractivity contribution in [2.45, 2.75) is 25.7 Å². The van der Waals surface area contributed by atoms with E-state index in [0.717, 1.165) is 4.31 Å². The molecule has 36 heavy (non-hydrogen) atoms. The van der Waals surface area contributed by atoms with Gasteiger partial charge in [-0.2, -0.15) is 0 Å². The van der Waals surface area contributed by atoms with Gasteiger partial charge >= 0.3 is 11.9 Å². The van der Waals surface area contributed by atoms with Crippen LogP contribution in [-0.2, 0) is 19.5 Å². The van der Waals surface area contributed by atoms with Crippen LogP contribution in [0.2, 0.25) is 5.02 Å². The van der Waals surface area contributed by atoms with Crippen LogP contribution in [0.25, 0.3) is 0 Å². The van der Waals surface area contributed by atoms with Gasteiger partial charge in [0.15, 0.2) is 6.61 Å². The summed E-state index contributed by atoms with van der Waals surface area (Å²) in [5, 5.41) is 0.371. The number of esters is 2. The fourth-order valence-corrected chi connectivity index (χ4v) is 5.05. The summed E-state index contributed by atoms with van der Waals surface area (Å²) in [7, 11) is -2.65. The number of ketones is 1. The van der Waals surface area contributed by atoms with E-state index in [1.54, 1.807) is 39.0 Å². The third-order valence-electron chi connectivity index (χ3n) is 5.37. The minimum atomic E-state index is -4.02. The minimum absolute atomic E-state index is 0.0593. The molecule has 1 aromatic heterocycles. The van der Waals surface area contributed by atoms with E-state index in [1.165, 1.54) is 37.4 Å². The van der Waals surface area contributed by atoms with Crippen molar-refractivity contribution < 1.29 is 32.3 Å². The average molecular weight is 533 g/mol. The Morgan fingerprint density at radius 3 is 2.28 bits per heavy atom.